The van der Waals surface area contributed by atoms with Crippen molar-refractivity contribution in [2.75, 3.05) is 0 Å². The maximum atomic E-state index is 10.2. The minimum absolute atomic E-state index is 0.137. The molecule has 0 aliphatic rings. The number of rotatable bonds is 7. The molecule has 3 N–H and O–H groups in total. The first-order valence-electron chi connectivity index (χ1n) is 5.32. The summed E-state index contributed by atoms with van der Waals surface area (Å²) >= 11 is 0.975. The Morgan fingerprint density at radius 3 is 2.44 bits per heavy atom. The van der Waals surface area contributed by atoms with Crippen molar-refractivity contribution in [2.24, 2.45) is 0 Å². The number of aliphatic carboxylic acids is 1. The van der Waals surface area contributed by atoms with Crippen molar-refractivity contribution in [3.8, 4) is 10.1 Å². The van der Waals surface area contributed by atoms with Crippen molar-refractivity contribution in [2.45, 2.75) is 38.5 Å². The van der Waals surface area contributed by atoms with Crippen LogP contribution in [0, 0.1) is 0 Å². The lowest BCUT2D eigenvalue weighted by molar-refractivity contribution is -0.137. The van der Waals surface area contributed by atoms with Crippen LogP contribution in [0.5, 0.6) is 10.1 Å². The molecule has 4 nitrogen and oxygen atoms in total. The second-order valence-electron chi connectivity index (χ2n) is 3.72. The molecule has 5 heteroatoms. The zero-order valence-electron chi connectivity index (χ0n) is 8.98. The fourth-order valence-electron chi connectivity index (χ4n) is 1.53. The third kappa shape index (κ3) is 4.53. The van der Waals surface area contributed by atoms with Gasteiger partial charge < -0.3 is 15.3 Å². The third-order valence-corrected chi connectivity index (χ3v) is 3.14. The van der Waals surface area contributed by atoms with Gasteiger partial charge in [0, 0.05) is 12.0 Å². The summed E-state index contributed by atoms with van der Waals surface area (Å²) < 4.78 is 0. The predicted octanol–water partition coefficient (Wildman–Crippen LogP) is 2.74. The average Bonchev–Trinajstić information content (AvgIpc) is 2.50. The molecular weight excluding hydrogens is 228 g/mol. The zero-order chi connectivity index (χ0) is 12.0. The summed E-state index contributed by atoms with van der Waals surface area (Å²) in [5, 5.41) is 27.3. The van der Waals surface area contributed by atoms with Crippen molar-refractivity contribution in [1.82, 2.24) is 0 Å². The first-order chi connectivity index (χ1) is 7.59. The van der Waals surface area contributed by atoms with Crippen LogP contribution in [0.1, 0.15) is 37.7 Å². The smallest absolute Gasteiger partial charge is 0.303 e. The van der Waals surface area contributed by atoms with Gasteiger partial charge in [0.15, 0.2) is 10.1 Å². The summed E-state index contributed by atoms with van der Waals surface area (Å²) in [4.78, 5) is 10.2. The molecule has 16 heavy (non-hydrogen) atoms. The van der Waals surface area contributed by atoms with Crippen molar-refractivity contribution >= 4 is 17.3 Å². The van der Waals surface area contributed by atoms with Crippen LogP contribution in [-0.2, 0) is 11.2 Å². The van der Waals surface area contributed by atoms with E-state index in [0.29, 0.717) is 6.42 Å². The number of aromatic hydroxyl groups is 2. The average molecular weight is 244 g/mol. The van der Waals surface area contributed by atoms with Crippen LogP contribution in [0.15, 0.2) is 6.07 Å². The summed E-state index contributed by atoms with van der Waals surface area (Å²) in [6.45, 7) is 0. The van der Waals surface area contributed by atoms with Crippen LogP contribution >= 0.6 is 11.3 Å². The number of thiophene rings is 1. The van der Waals surface area contributed by atoms with Gasteiger partial charge in [0.25, 0.3) is 0 Å². The van der Waals surface area contributed by atoms with Crippen molar-refractivity contribution < 1.29 is 20.1 Å². The molecule has 0 bridgehead atoms. The Kier molecular flexibility index (Phi) is 5.11. The molecule has 0 atom stereocenters. The molecule has 0 radical (unpaired) electrons. The van der Waals surface area contributed by atoms with Crippen molar-refractivity contribution in [1.29, 1.82) is 0 Å². The minimum Gasteiger partial charge on any atom is -0.499 e. The van der Waals surface area contributed by atoms with E-state index in [1.54, 1.807) is 6.07 Å². The number of carboxylic acid groups (broad SMARTS) is 1. The summed E-state index contributed by atoms with van der Waals surface area (Å²) in [6.07, 6.45) is 4.41. The third-order valence-electron chi connectivity index (χ3n) is 2.36. The number of aryl methyl sites for hydroxylation is 1. The second-order valence-corrected chi connectivity index (χ2v) is 4.73. The Labute approximate surface area is 98.2 Å². The standard InChI is InChI=1S/C11H16O4S/c12-9(13)6-4-2-1-3-5-8-7-10(14)16-11(8)15/h7,14-15H,1-6H2,(H,12,13). The van der Waals surface area contributed by atoms with E-state index in [4.69, 9.17) is 10.2 Å². The molecule has 1 rings (SSSR count). The summed E-state index contributed by atoms with van der Waals surface area (Å²) in [5.74, 6) is -0.750. The van der Waals surface area contributed by atoms with Gasteiger partial charge in [-0.15, -0.1) is 0 Å². The van der Waals surface area contributed by atoms with Crippen molar-refractivity contribution in [3.05, 3.63) is 11.6 Å². The van der Waals surface area contributed by atoms with Gasteiger partial charge in [-0.05, 0) is 25.3 Å². The lowest BCUT2D eigenvalue weighted by Gasteiger charge is -1.99. The largest absolute Gasteiger partial charge is 0.499 e. The lowest BCUT2D eigenvalue weighted by Crippen LogP contribution is -1.93. The number of carboxylic acids is 1. The molecule has 0 unspecified atom stereocenters. The van der Waals surface area contributed by atoms with Gasteiger partial charge in [0.1, 0.15) is 0 Å². The van der Waals surface area contributed by atoms with E-state index in [1.165, 1.54) is 0 Å². The minimum atomic E-state index is -0.750. The van der Waals surface area contributed by atoms with Gasteiger partial charge in [0.2, 0.25) is 0 Å². The Bertz CT molecular complexity index is 346. The van der Waals surface area contributed by atoms with Gasteiger partial charge in [-0.1, -0.05) is 24.2 Å². The molecule has 0 saturated carbocycles. The molecular formula is C11H16O4S. The molecule has 0 saturated heterocycles. The molecule has 90 valence electrons. The zero-order valence-corrected chi connectivity index (χ0v) is 9.79. The Hall–Kier alpha value is -1.23. The summed E-state index contributed by atoms with van der Waals surface area (Å²) in [6, 6.07) is 1.58. The second kappa shape index (κ2) is 6.37. The molecule has 0 aliphatic carbocycles. The van der Waals surface area contributed by atoms with Crippen LogP contribution in [0.2, 0.25) is 0 Å². The Morgan fingerprint density at radius 1 is 1.19 bits per heavy atom. The predicted molar refractivity (Wildman–Crippen MR) is 62.1 cm³/mol. The molecule has 0 spiro atoms. The molecule has 1 aromatic rings. The summed E-state index contributed by atoms with van der Waals surface area (Å²) in [7, 11) is 0. The normalized spacial score (nSPS) is 10.5. The monoisotopic (exact) mass is 244 g/mol. The van der Waals surface area contributed by atoms with Gasteiger partial charge in [-0.3, -0.25) is 4.79 Å². The van der Waals surface area contributed by atoms with Crippen molar-refractivity contribution in [3.63, 3.8) is 0 Å². The van der Waals surface area contributed by atoms with Crippen LogP contribution in [0.25, 0.3) is 0 Å². The highest BCUT2D eigenvalue weighted by molar-refractivity contribution is 7.15. The van der Waals surface area contributed by atoms with Crippen LogP contribution < -0.4 is 0 Å². The quantitative estimate of drug-likeness (QED) is 0.644. The Morgan fingerprint density at radius 2 is 1.88 bits per heavy atom. The van der Waals surface area contributed by atoms with Crippen LogP contribution in [0.3, 0.4) is 0 Å². The van der Waals surface area contributed by atoms with E-state index in [2.05, 4.69) is 0 Å². The maximum absolute atomic E-state index is 10.2. The molecule has 1 aromatic heterocycles. The highest BCUT2D eigenvalue weighted by atomic mass is 32.1. The molecule has 0 fully saturated rings. The number of carbonyl (C=O) groups is 1. The van der Waals surface area contributed by atoms with Gasteiger partial charge in [-0.25, -0.2) is 0 Å². The van der Waals surface area contributed by atoms with Gasteiger partial charge in [0.05, 0.1) is 0 Å². The van der Waals surface area contributed by atoms with Gasteiger partial charge >= 0.3 is 5.97 Å². The van der Waals surface area contributed by atoms with E-state index >= 15 is 0 Å². The number of unbranched alkanes of at least 4 members (excludes halogenated alkanes) is 3. The molecule has 0 aromatic carbocycles. The van der Waals surface area contributed by atoms with Crippen LogP contribution in [-0.4, -0.2) is 21.3 Å². The molecule has 1 heterocycles. The first-order valence-corrected chi connectivity index (χ1v) is 6.13. The highest BCUT2D eigenvalue weighted by Gasteiger charge is 2.06. The number of hydrogen-bond donors (Lipinski definition) is 3. The van der Waals surface area contributed by atoms with E-state index in [1.807, 2.05) is 0 Å². The molecule has 0 amide bonds. The van der Waals surface area contributed by atoms with E-state index in [0.717, 1.165) is 42.6 Å². The molecule has 0 aliphatic heterocycles. The lowest BCUT2D eigenvalue weighted by atomic mass is 10.1. The SMILES string of the molecule is O=C(O)CCCCCCc1cc(O)sc1O. The van der Waals surface area contributed by atoms with E-state index in [9.17, 15) is 9.90 Å². The van der Waals surface area contributed by atoms with Gasteiger partial charge in [-0.2, -0.15) is 0 Å². The summed E-state index contributed by atoms with van der Waals surface area (Å²) in [5.41, 5.74) is 0.778. The highest BCUT2D eigenvalue weighted by Crippen LogP contribution is 2.34. The number of hydrogen-bond acceptors (Lipinski definition) is 4. The van der Waals surface area contributed by atoms with E-state index in [-0.39, 0.29) is 16.5 Å². The van der Waals surface area contributed by atoms with E-state index < -0.39 is 5.97 Å². The Balaban J connectivity index is 2.11. The fraction of sp³-hybridized carbons (Fsp3) is 0.545. The maximum Gasteiger partial charge on any atom is 0.303 e. The first kappa shape index (κ1) is 12.8. The van der Waals surface area contributed by atoms with Crippen LogP contribution in [0.4, 0.5) is 0 Å². The fourth-order valence-corrected chi connectivity index (χ4v) is 2.22. The topological polar surface area (TPSA) is 77.8 Å².